The summed E-state index contributed by atoms with van der Waals surface area (Å²) >= 11 is 6.87. The van der Waals surface area contributed by atoms with E-state index in [2.05, 4.69) is 14.3 Å². The second kappa shape index (κ2) is 3.27. The van der Waals surface area contributed by atoms with Gasteiger partial charge in [-0.3, -0.25) is 0 Å². The number of hydrogen-bond donors (Lipinski definition) is 1. The molecule has 2 N–H and O–H groups in total. The second-order valence-corrected chi connectivity index (χ2v) is 3.49. The standard InChI is InChI=1S/C7H5ClN4S/c8-5-3-4(1-2-10-5)6-11-7(9)13-12-6/h1-3H,(H2,9,11,12). The maximum atomic E-state index is 5.71. The molecule has 0 unspecified atom stereocenters. The van der Waals surface area contributed by atoms with Crippen LogP contribution in [0.2, 0.25) is 5.15 Å². The molecular weight excluding hydrogens is 208 g/mol. The zero-order chi connectivity index (χ0) is 9.26. The number of pyridine rings is 1. The normalized spacial score (nSPS) is 10.2. The van der Waals surface area contributed by atoms with E-state index in [4.69, 9.17) is 17.3 Å². The van der Waals surface area contributed by atoms with Crippen LogP contribution in [0, 0.1) is 0 Å². The van der Waals surface area contributed by atoms with Crippen LogP contribution in [0.4, 0.5) is 5.13 Å². The summed E-state index contributed by atoms with van der Waals surface area (Å²) in [7, 11) is 0. The van der Waals surface area contributed by atoms with Crippen molar-refractivity contribution in [2.75, 3.05) is 5.73 Å². The van der Waals surface area contributed by atoms with Crippen molar-refractivity contribution in [1.82, 2.24) is 14.3 Å². The molecule has 2 aromatic rings. The Kier molecular flexibility index (Phi) is 2.12. The summed E-state index contributed by atoms with van der Waals surface area (Å²) in [5, 5.41) is 0.869. The van der Waals surface area contributed by atoms with Crippen molar-refractivity contribution in [1.29, 1.82) is 0 Å². The molecular formula is C7H5ClN4S. The van der Waals surface area contributed by atoms with Crippen molar-refractivity contribution in [2.45, 2.75) is 0 Å². The van der Waals surface area contributed by atoms with Gasteiger partial charge in [-0.1, -0.05) is 11.6 Å². The maximum Gasteiger partial charge on any atom is 0.200 e. The van der Waals surface area contributed by atoms with Crippen molar-refractivity contribution in [3.63, 3.8) is 0 Å². The molecule has 0 radical (unpaired) electrons. The summed E-state index contributed by atoms with van der Waals surface area (Å²) in [6.07, 6.45) is 1.61. The van der Waals surface area contributed by atoms with Crippen molar-refractivity contribution < 1.29 is 0 Å². The molecule has 0 aliphatic carbocycles. The topological polar surface area (TPSA) is 64.7 Å². The largest absolute Gasteiger partial charge is 0.374 e. The molecule has 0 atom stereocenters. The van der Waals surface area contributed by atoms with Crippen molar-refractivity contribution in [3.8, 4) is 11.4 Å². The molecule has 4 nitrogen and oxygen atoms in total. The van der Waals surface area contributed by atoms with E-state index in [-0.39, 0.29) is 0 Å². The third-order valence-corrected chi connectivity index (χ3v) is 2.18. The summed E-state index contributed by atoms with van der Waals surface area (Å²) in [4.78, 5) is 7.87. The Morgan fingerprint density at radius 2 is 2.31 bits per heavy atom. The van der Waals surface area contributed by atoms with E-state index in [0.29, 0.717) is 16.1 Å². The Hall–Kier alpha value is -1.20. The van der Waals surface area contributed by atoms with E-state index >= 15 is 0 Å². The fourth-order valence-corrected chi connectivity index (χ4v) is 1.52. The van der Waals surface area contributed by atoms with E-state index in [1.54, 1.807) is 18.3 Å². The summed E-state index contributed by atoms with van der Waals surface area (Å²) in [5.74, 6) is 0.590. The van der Waals surface area contributed by atoms with Gasteiger partial charge in [0.2, 0.25) is 0 Å². The molecule has 0 spiro atoms. The highest BCUT2D eigenvalue weighted by Crippen LogP contribution is 2.20. The lowest BCUT2D eigenvalue weighted by molar-refractivity contribution is 1.28. The summed E-state index contributed by atoms with van der Waals surface area (Å²) < 4.78 is 4.05. The van der Waals surface area contributed by atoms with Crippen LogP contribution in [0.5, 0.6) is 0 Å². The summed E-state index contributed by atoms with van der Waals surface area (Å²) in [5.41, 5.74) is 6.28. The van der Waals surface area contributed by atoms with Crippen molar-refractivity contribution >= 4 is 28.3 Å². The fraction of sp³-hybridized carbons (Fsp3) is 0. The quantitative estimate of drug-likeness (QED) is 0.733. The molecule has 0 bridgehead atoms. The average molecular weight is 213 g/mol. The smallest absolute Gasteiger partial charge is 0.200 e. The van der Waals surface area contributed by atoms with Gasteiger partial charge in [0.05, 0.1) is 0 Å². The molecule has 0 fully saturated rings. The van der Waals surface area contributed by atoms with Crippen LogP contribution in [-0.4, -0.2) is 14.3 Å². The Labute approximate surface area is 83.6 Å². The Bertz CT molecular complexity index is 428. The predicted molar refractivity (Wildman–Crippen MR) is 52.6 cm³/mol. The van der Waals surface area contributed by atoms with E-state index in [1.165, 1.54) is 0 Å². The lowest BCUT2D eigenvalue weighted by Crippen LogP contribution is -1.84. The molecule has 2 aromatic heterocycles. The van der Waals surface area contributed by atoms with Crippen LogP contribution < -0.4 is 5.73 Å². The molecule has 0 saturated carbocycles. The number of halogens is 1. The highest BCUT2D eigenvalue weighted by atomic mass is 35.5. The highest BCUT2D eigenvalue weighted by Gasteiger charge is 2.04. The van der Waals surface area contributed by atoms with Crippen LogP contribution in [0.25, 0.3) is 11.4 Å². The minimum Gasteiger partial charge on any atom is -0.374 e. The van der Waals surface area contributed by atoms with Gasteiger partial charge in [-0.25, -0.2) is 4.98 Å². The summed E-state index contributed by atoms with van der Waals surface area (Å²) in [6.45, 7) is 0. The molecule has 13 heavy (non-hydrogen) atoms. The Morgan fingerprint density at radius 1 is 1.46 bits per heavy atom. The molecule has 2 heterocycles. The van der Waals surface area contributed by atoms with Gasteiger partial charge in [-0.2, -0.15) is 9.36 Å². The zero-order valence-corrected chi connectivity index (χ0v) is 8.01. The van der Waals surface area contributed by atoms with E-state index < -0.39 is 0 Å². The molecule has 0 aliphatic heterocycles. The molecule has 0 aliphatic rings. The van der Waals surface area contributed by atoms with Gasteiger partial charge in [0.25, 0.3) is 0 Å². The molecule has 0 amide bonds. The minimum atomic E-state index is 0.422. The van der Waals surface area contributed by atoms with E-state index in [1.807, 2.05) is 0 Å². The van der Waals surface area contributed by atoms with Gasteiger partial charge in [0.1, 0.15) is 5.15 Å². The van der Waals surface area contributed by atoms with Gasteiger partial charge in [-0.15, -0.1) is 0 Å². The van der Waals surface area contributed by atoms with Gasteiger partial charge in [0, 0.05) is 23.3 Å². The highest BCUT2D eigenvalue weighted by molar-refractivity contribution is 7.09. The van der Waals surface area contributed by atoms with Gasteiger partial charge in [-0.05, 0) is 12.1 Å². The van der Waals surface area contributed by atoms with Crippen LogP contribution in [0.15, 0.2) is 18.3 Å². The first-order valence-corrected chi connectivity index (χ1v) is 4.62. The fourth-order valence-electron chi connectivity index (χ4n) is 0.894. The third-order valence-electron chi connectivity index (χ3n) is 1.43. The second-order valence-electron chi connectivity index (χ2n) is 2.32. The average Bonchev–Trinajstić information content (AvgIpc) is 2.52. The lowest BCUT2D eigenvalue weighted by Gasteiger charge is -1.93. The van der Waals surface area contributed by atoms with Crippen molar-refractivity contribution in [3.05, 3.63) is 23.5 Å². The van der Waals surface area contributed by atoms with Gasteiger partial charge >= 0.3 is 0 Å². The molecule has 6 heteroatoms. The predicted octanol–water partition coefficient (Wildman–Crippen LogP) is 1.84. The number of nitrogens with two attached hydrogens (primary N) is 1. The van der Waals surface area contributed by atoms with Crippen molar-refractivity contribution in [2.24, 2.45) is 0 Å². The van der Waals surface area contributed by atoms with Crippen LogP contribution in [-0.2, 0) is 0 Å². The van der Waals surface area contributed by atoms with Crippen LogP contribution in [0.3, 0.4) is 0 Å². The molecule has 0 saturated heterocycles. The van der Waals surface area contributed by atoms with Gasteiger partial charge < -0.3 is 5.73 Å². The number of aromatic nitrogens is 3. The number of hydrogen-bond acceptors (Lipinski definition) is 5. The first kappa shape index (κ1) is 8.40. The van der Waals surface area contributed by atoms with Gasteiger partial charge in [0.15, 0.2) is 11.0 Å². The monoisotopic (exact) mass is 212 g/mol. The maximum absolute atomic E-state index is 5.71. The van der Waals surface area contributed by atoms with E-state index in [9.17, 15) is 0 Å². The Balaban J connectivity index is 2.46. The number of nitrogen functional groups attached to an aromatic ring is 1. The first-order chi connectivity index (χ1) is 6.25. The number of nitrogens with zero attached hydrogens (tertiary/aromatic N) is 3. The number of rotatable bonds is 1. The van der Waals surface area contributed by atoms with Crippen LogP contribution in [0.1, 0.15) is 0 Å². The molecule has 66 valence electrons. The summed E-state index contributed by atoms with van der Waals surface area (Å²) in [6, 6.07) is 3.48. The minimum absolute atomic E-state index is 0.422. The number of anilines is 1. The van der Waals surface area contributed by atoms with Crippen LogP contribution >= 0.6 is 23.1 Å². The Morgan fingerprint density at radius 3 is 2.92 bits per heavy atom. The zero-order valence-electron chi connectivity index (χ0n) is 6.44. The first-order valence-electron chi connectivity index (χ1n) is 3.47. The SMILES string of the molecule is Nc1nc(-c2ccnc(Cl)c2)ns1. The van der Waals surface area contributed by atoms with E-state index in [0.717, 1.165) is 17.1 Å². The lowest BCUT2D eigenvalue weighted by atomic mass is 10.2. The molecule has 2 rings (SSSR count). The molecule has 0 aromatic carbocycles. The third kappa shape index (κ3) is 1.76.